The Kier molecular flexibility index (Phi) is 4.19. The largest absolute Gasteiger partial charge is 3.00 e. The summed E-state index contributed by atoms with van der Waals surface area (Å²) < 4.78 is 0. The first-order valence-corrected chi connectivity index (χ1v) is 7.46. The molecule has 0 bridgehead atoms. The smallest absolute Gasteiger partial charge is 1.00 e. The van der Waals surface area contributed by atoms with Gasteiger partial charge in [0.05, 0.1) is 0 Å². The fourth-order valence-electron chi connectivity index (χ4n) is 3.30. The topological polar surface area (TPSA) is 0 Å². The summed E-state index contributed by atoms with van der Waals surface area (Å²) >= 11 is 0. The Labute approximate surface area is 153 Å². The summed E-state index contributed by atoms with van der Waals surface area (Å²) in [4.78, 5) is 0. The normalized spacial score (nSPS) is 13.8. The van der Waals surface area contributed by atoms with Gasteiger partial charge in [0.2, 0.25) is 0 Å². The maximum absolute atomic E-state index is 3.64. The van der Waals surface area contributed by atoms with Crippen LogP contribution >= 0.6 is 0 Å². The van der Waals surface area contributed by atoms with Gasteiger partial charge in [-0.05, 0) is 20.3 Å². The Hall–Kier alpha value is -1.46. The molecule has 107 valence electrons. The van der Waals surface area contributed by atoms with E-state index in [4.69, 9.17) is 0 Å². The molecule has 0 aliphatic heterocycles. The van der Waals surface area contributed by atoms with Gasteiger partial charge in [0, 0.05) is 0 Å². The minimum atomic E-state index is 0. The quantitative estimate of drug-likeness (QED) is 0.579. The molecule has 0 saturated heterocycles. The van der Waals surface area contributed by atoms with Gasteiger partial charge in [0.25, 0.3) is 0 Å². The average molecular weight is 363 g/mol. The third-order valence-electron chi connectivity index (χ3n) is 4.31. The standard InChI is InChI=1S/C21H17.Zr.2H/c1-14(2)17-11-12-19-18-10-6-5-9-16(18)13-20(19)21(17)15-7-3-4-8-15;;;/h3-7,9-12H,8H2,1-2H3;;;/q-1;+3;2*-1. The Bertz CT molecular complexity index is 1030. The van der Waals surface area contributed by atoms with Gasteiger partial charge in [-0.15, -0.1) is 33.4 Å². The molecule has 0 aromatic heterocycles. The number of benzene rings is 2. The molecular weight excluding hydrogens is 343 g/mol. The van der Waals surface area contributed by atoms with Gasteiger partial charge in [0.1, 0.15) is 0 Å². The molecular formula is C21H19Zr. The molecule has 0 atom stereocenters. The summed E-state index contributed by atoms with van der Waals surface area (Å²) in [5.74, 6) is 0. The Morgan fingerprint density at radius 3 is 2.59 bits per heavy atom. The fourth-order valence-corrected chi connectivity index (χ4v) is 3.30. The first kappa shape index (κ1) is 15.4. The van der Waals surface area contributed by atoms with Gasteiger partial charge in [0.15, 0.2) is 0 Å². The van der Waals surface area contributed by atoms with Crippen molar-refractivity contribution in [2.24, 2.45) is 0 Å². The predicted octanol–water partition coefficient (Wildman–Crippen LogP) is 3.75. The Morgan fingerprint density at radius 2 is 1.86 bits per heavy atom. The summed E-state index contributed by atoms with van der Waals surface area (Å²) in [7, 11) is 0. The van der Waals surface area contributed by atoms with Crippen LogP contribution in [0.15, 0.2) is 54.6 Å². The fraction of sp³-hybridized carbons (Fsp3) is 0.143. The molecule has 22 heavy (non-hydrogen) atoms. The minimum Gasteiger partial charge on any atom is -1.00 e. The molecule has 2 aromatic rings. The van der Waals surface area contributed by atoms with E-state index in [-0.39, 0.29) is 29.1 Å². The zero-order valence-electron chi connectivity index (χ0n) is 14.9. The molecule has 2 aromatic carbocycles. The molecule has 4 rings (SSSR count). The van der Waals surface area contributed by atoms with Crippen molar-refractivity contribution in [2.45, 2.75) is 20.3 Å². The molecule has 0 fully saturated rings. The van der Waals surface area contributed by atoms with Crippen LogP contribution in [0.1, 0.15) is 34.2 Å². The third kappa shape index (κ3) is 2.33. The number of hydrogen-bond donors (Lipinski definition) is 0. The van der Waals surface area contributed by atoms with Crippen LogP contribution in [0.4, 0.5) is 0 Å². The molecule has 2 aliphatic carbocycles. The van der Waals surface area contributed by atoms with Gasteiger partial charge in [-0.3, -0.25) is 0 Å². The van der Waals surface area contributed by atoms with Crippen molar-refractivity contribution >= 4 is 17.2 Å². The van der Waals surface area contributed by atoms with E-state index in [0.29, 0.717) is 0 Å². The summed E-state index contributed by atoms with van der Waals surface area (Å²) in [6, 6.07) is 13.1. The van der Waals surface area contributed by atoms with Crippen molar-refractivity contribution in [2.75, 3.05) is 0 Å². The molecule has 0 amide bonds. The van der Waals surface area contributed by atoms with Crippen LogP contribution in [0.25, 0.3) is 17.2 Å². The van der Waals surface area contributed by atoms with Crippen molar-refractivity contribution in [3.8, 4) is 0 Å². The van der Waals surface area contributed by atoms with Crippen LogP contribution in [-0.4, -0.2) is 0 Å². The summed E-state index contributed by atoms with van der Waals surface area (Å²) in [5, 5.41) is 5.19. The van der Waals surface area contributed by atoms with E-state index in [0.717, 1.165) is 6.42 Å². The summed E-state index contributed by atoms with van der Waals surface area (Å²) in [6.45, 7) is 4.38. The van der Waals surface area contributed by atoms with Crippen molar-refractivity contribution in [1.82, 2.24) is 0 Å². The zero-order valence-corrected chi connectivity index (χ0v) is 15.4. The van der Waals surface area contributed by atoms with Gasteiger partial charge in [-0.25, -0.2) is 0 Å². The van der Waals surface area contributed by atoms with Crippen LogP contribution in [0.3, 0.4) is 0 Å². The van der Waals surface area contributed by atoms with Crippen LogP contribution < -0.4 is 10.4 Å². The SMILES string of the molecule is CC(C)=c1ccc2c(c1C1=CC=CC1)[C-]=c1ccccc1=2.[H-].[H-].[Zr+3]. The van der Waals surface area contributed by atoms with E-state index in [1.807, 2.05) is 0 Å². The van der Waals surface area contributed by atoms with E-state index in [2.05, 4.69) is 74.5 Å². The maximum Gasteiger partial charge on any atom is 3.00 e. The number of fused-ring (bicyclic) bond motifs is 2. The van der Waals surface area contributed by atoms with Crippen molar-refractivity contribution in [1.29, 1.82) is 0 Å². The van der Waals surface area contributed by atoms with Crippen LogP contribution in [0.2, 0.25) is 0 Å². The average Bonchev–Trinajstić information content (AvgIpc) is 3.13. The number of allylic oxidation sites excluding steroid dienone is 4. The third-order valence-corrected chi connectivity index (χ3v) is 4.31. The molecule has 0 saturated carbocycles. The van der Waals surface area contributed by atoms with E-state index in [1.165, 1.54) is 43.1 Å². The molecule has 0 N–H and O–H groups in total. The van der Waals surface area contributed by atoms with Crippen LogP contribution in [-0.2, 0) is 26.2 Å². The van der Waals surface area contributed by atoms with Crippen LogP contribution in [0, 0.1) is 10.4 Å². The molecule has 0 heterocycles. The monoisotopic (exact) mass is 361 g/mol. The van der Waals surface area contributed by atoms with Crippen molar-refractivity contribution < 1.29 is 29.1 Å². The summed E-state index contributed by atoms with van der Waals surface area (Å²) in [6.07, 6.45) is 11.3. The molecule has 0 spiro atoms. The first-order chi connectivity index (χ1) is 10.3. The second kappa shape index (κ2) is 5.97. The maximum atomic E-state index is 3.64. The summed E-state index contributed by atoms with van der Waals surface area (Å²) in [5.41, 5.74) is 5.40. The first-order valence-electron chi connectivity index (χ1n) is 7.46. The van der Waals surface area contributed by atoms with Crippen molar-refractivity contribution in [3.05, 3.63) is 86.6 Å². The second-order valence-corrected chi connectivity index (χ2v) is 5.91. The Balaban J connectivity index is 0.000000960. The molecule has 0 nitrogen and oxygen atoms in total. The van der Waals surface area contributed by atoms with Gasteiger partial charge < -0.3 is 2.85 Å². The second-order valence-electron chi connectivity index (χ2n) is 5.91. The number of rotatable bonds is 1. The zero-order chi connectivity index (χ0) is 14.4. The van der Waals surface area contributed by atoms with E-state index in [1.54, 1.807) is 0 Å². The van der Waals surface area contributed by atoms with E-state index in [9.17, 15) is 0 Å². The van der Waals surface area contributed by atoms with Gasteiger partial charge >= 0.3 is 26.2 Å². The van der Waals surface area contributed by atoms with Crippen LogP contribution in [0.5, 0.6) is 0 Å². The number of hydrogen-bond acceptors (Lipinski definition) is 0. The molecule has 2 aliphatic rings. The van der Waals surface area contributed by atoms with E-state index >= 15 is 0 Å². The van der Waals surface area contributed by atoms with Gasteiger partial charge in [-0.1, -0.05) is 70.5 Å². The molecule has 1 heteroatoms. The minimum absolute atomic E-state index is 0. The van der Waals surface area contributed by atoms with Crippen molar-refractivity contribution in [3.63, 3.8) is 0 Å². The van der Waals surface area contributed by atoms with Gasteiger partial charge in [-0.2, -0.15) is 0 Å². The predicted molar refractivity (Wildman–Crippen MR) is 91.0 cm³/mol. The molecule has 1 radical (unpaired) electrons. The van der Waals surface area contributed by atoms with E-state index < -0.39 is 0 Å². The Morgan fingerprint density at radius 1 is 1.05 bits per heavy atom. The molecule has 0 unspecified atom stereocenters.